The topological polar surface area (TPSA) is 63.2 Å². The van der Waals surface area contributed by atoms with Crippen LogP contribution in [0.2, 0.25) is 0 Å². The molecule has 0 aliphatic heterocycles. The van der Waals surface area contributed by atoms with Gasteiger partial charge in [-0.1, -0.05) is 69.6 Å². The highest BCUT2D eigenvalue weighted by molar-refractivity contribution is 7.42. The summed E-state index contributed by atoms with van der Waals surface area (Å²) in [6, 6.07) is 0. The zero-order valence-electron chi connectivity index (χ0n) is 19.3. The highest BCUT2D eigenvalue weighted by Gasteiger charge is 2.28. The predicted molar refractivity (Wildman–Crippen MR) is 132 cm³/mol. The Morgan fingerprint density at radius 3 is 0.903 bits per heavy atom. The molecule has 0 aromatic carbocycles. The summed E-state index contributed by atoms with van der Waals surface area (Å²) in [5, 5.41) is 0. The Balaban J connectivity index is -0.000000416. The van der Waals surface area contributed by atoms with Crippen LogP contribution in [0, 0.1) is 0 Å². The lowest BCUT2D eigenvalue weighted by Gasteiger charge is -2.36. The Bertz CT molecular complexity index is 435. The van der Waals surface area contributed by atoms with Crippen molar-refractivity contribution in [1.82, 2.24) is 0 Å². The molecule has 31 heavy (non-hydrogen) atoms. The number of nitrogens with zero attached hydrogens (tertiary/aromatic N) is 2. The van der Waals surface area contributed by atoms with E-state index in [4.69, 9.17) is 84.0 Å². The molecule has 0 saturated heterocycles. The van der Waals surface area contributed by atoms with Gasteiger partial charge in [0.1, 0.15) is 7.91 Å². The Morgan fingerprint density at radius 2 is 0.806 bits per heavy atom. The van der Waals surface area contributed by atoms with Gasteiger partial charge in [-0.15, -0.1) is 0 Å². The van der Waals surface area contributed by atoms with Crippen molar-refractivity contribution in [3.63, 3.8) is 0 Å². The second kappa shape index (κ2) is 17.2. The Hall–Kier alpha value is 1.74. The van der Waals surface area contributed by atoms with Crippen LogP contribution in [-0.2, 0) is 4.57 Å². The summed E-state index contributed by atoms with van der Waals surface area (Å²) in [7, 11) is -5.64. The molecule has 0 fully saturated rings. The van der Waals surface area contributed by atoms with E-state index in [9.17, 15) is 4.20 Å². The summed E-state index contributed by atoms with van der Waals surface area (Å²) in [6.45, 7) is 21.6. The molecule has 192 valence electrons. The number of halogens is 7. The number of quaternary nitrogens is 2. The molecule has 0 unspecified atom stereocenters. The highest BCUT2D eigenvalue weighted by atomic mass is 35.6. The van der Waals surface area contributed by atoms with E-state index in [-0.39, 0.29) is 0 Å². The Kier molecular flexibility index (Phi) is 20.7. The van der Waals surface area contributed by atoms with Gasteiger partial charge in [-0.2, -0.15) is 0 Å². The van der Waals surface area contributed by atoms with Gasteiger partial charge in [0.05, 0.1) is 52.4 Å². The van der Waals surface area contributed by atoms with Crippen molar-refractivity contribution in [2.24, 2.45) is 0 Å². The van der Waals surface area contributed by atoms with Gasteiger partial charge in [0, 0.05) is 12.8 Å². The molecular weight excluding hydrogens is 555 g/mol. The third kappa shape index (κ3) is 24.7. The second-order valence-corrected chi connectivity index (χ2v) is 13.1. The molecule has 0 radical (unpaired) electrons. The first kappa shape index (κ1) is 37.3. The van der Waals surface area contributed by atoms with Gasteiger partial charge < -0.3 is 23.3 Å². The lowest BCUT2D eigenvalue weighted by Crippen LogP contribution is -2.49. The van der Waals surface area contributed by atoms with Gasteiger partial charge in [-0.3, -0.25) is 0 Å². The highest BCUT2D eigenvalue weighted by Crippen LogP contribution is 2.32. The summed E-state index contributed by atoms with van der Waals surface area (Å²) < 4.78 is 18.5. The van der Waals surface area contributed by atoms with Gasteiger partial charge in [-0.25, -0.2) is 4.20 Å². The molecule has 0 aromatic rings. The molecule has 5 nitrogen and oxygen atoms in total. The maximum Gasteiger partial charge on any atom is 0.195 e. The first-order valence-corrected chi connectivity index (χ1v) is 14.0. The van der Waals surface area contributed by atoms with Crippen LogP contribution in [0.1, 0.15) is 54.4 Å². The van der Waals surface area contributed by atoms with Crippen LogP contribution in [0.5, 0.6) is 0 Å². The standard InChI is InChI=1S/2C9H19Cl3N.FH2O3P/c2*1-4-13(5-2,6-3)8-7-9(10,11)12;1-5(2,3)4/h2*4-8H2,1-3H3;(H2,2,3,4)/q2*+1;/p-2. The largest absolute Gasteiger partial charge is 0.786 e. The third-order valence-electron chi connectivity index (χ3n) is 5.76. The maximum absolute atomic E-state index is 10.1. The number of hydrogen-bond acceptors (Lipinski definition) is 3. The first-order chi connectivity index (χ1) is 13.8. The van der Waals surface area contributed by atoms with Gasteiger partial charge in [0.2, 0.25) is 0 Å². The van der Waals surface area contributed by atoms with Crippen molar-refractivity contribution in [3.8, 4) is 0 Å². The minimum absolute atomic E-state index is 0.632. The normalized spacial score (nSPS) is 13.1. The Morgan fingerprint density at radius 1 is 0.645 bits per heavy atom. The smallest absolute Gasteiger partial charge is 0.195 e. The van der Waals surface area contributed by atoms with Crippen LogP contribution in [0.15, 0.2) is 0 Å². The van der Waals surface area contributed by atoms with E-state index in [1.807, 2.05) is 0 Å². The minimum atomic E-state index is -5.64. The molecule has 0 aliphatic carbocycles. The van der Waals surface area contributed by atoms with E-state index < -0.39 is 15.5 Å². The number of alkyl halides is 6. The van der Waals surface area contributed by atoms with E-state index in [1.54, 1.807) is 0 Å². The van der Waals surface area contributed by atoms with Crippen LogP contribution in [0.25, 0.3) is 0 Å². The van der Waals surface area contributed by atoms with Crippen LogP contribution >= 0.6 is 77.5 Å². The summed E-state index contributed by atoms with van der Waals surface area (Å²) >= 11 is 34.4. The molecule has 0 saturated carbocycles. The second-order valence-electron chi connectivity index (χ2n) is 7.19. The number of rotatable bonds is 10. The van der Waals surface area contributed by atoms with Gasteiger partial charge in [0.25, 0.3) is 0 Å². The molecule has 0 atom stereocenters. The minimum Gasteiger partial charge on any atom is -0.786 e. The molecule has 0 amide bonds. The molecule has 0 aromatic heterocycles. The fourth-order valence-corrected chi connectivity index (χ4v) is 3.53. The van der Waals surface area contributed by atoms with Crippen LogP contribution in [0.3, 0.4) is 0 Å². The van der Waals surface area contributed by atoms with Crippen molar-refractivity contribution in [2.75, 3.05) is 52.4 Å². The van der Waals surface area contributed by atoms with Crippen molar-refractivity contribution in [2.45, 2.75) is 62.0 Å². The Labute approximate surface area is 218 Å². The zero-order valence-corrected chi connectivity index (χ0v) is 24.7. The summed E-state index contributed by atoms with van der Waals surface area (Å²) in [6.07, 6.45) is 1.26. The van der Waals surface area contributed by atoms with E-state index in [2.05, 4.69) is 41.5 Å². The number of hydrogen-bond donors (Lipinski definition) is 0. The van der Waals surface area contributed by atoms with Crippen molar-refractivity contribution in [1.29, 1.82) is 0 Å². The van der Waals surface area contributed by atoms with E-state index >= 15 is 0 Å². The maximum atomic E-state index is 10.1. The molecular formula is C18H38Cl6FN2O3P. The summed E-state index contributed by atoms with van der Waals surface area (Å²) in [5.74, 6) is 0. The third-order valence-corrected chi connectivity index (χ3v) is 6.90. The average molecular weight is 593 g/mol. The van der Waals surface area contributed by atoms with E-state index in [0.29, 0.717) is 12.8 Å². The van der Waals surface area contributed by atoms with Crippen molar-refractivity contribution < 1.29 is 27.5 Å². The van der Waals surface area contributed by atoms with Crippen LogP contribution in [-0.4, -0.2) is 68.9 Å². The summed E-state index contributed by atoms with van der Waals surface area (Å²) in [5.41, 5.74) is 0. The molecule has 0 spiro atoms. The fraction of sp³-hybridized carbons (Fsp3) is 1.00. The first-order valence-electron chi connectivity index (χ1n) is 10.3. The predicted octanol–water partition coefficient (Wildman–Crippen LogP) is 6.03. The monoisotopic (exact) mass is 590 g/mol. The van der Waals surface area contributed by atoms with Crippen LogP contribution in [0.4, 0.5) is 4.20 Å². The quantitative estimate of drug-likeness (QED) is 0.177. The molecule has 0 rings (SSSR count). The van der Waals surface area contributed by atoms with Gasteiger partial charge in [-0.05, 0) is 41.5 Å². The molecule has 0 aliphatic rings. The SMILES string of the molecule is CC[N+](CC)(CC)CCC(Cl)(Cl)Cl.CC[N+](CC)(CC)CCC(Cl)(Cl)Cl.O=P([O-])([O-])F. The van der Waals surface area contributed by atoms with E-state index in [0.717, 1.165) is 61.3 Å². The molecule has 0 N–H and O–H groups in total. The van der Waals surface area contributed by atoms with Gasteiger partial charge in [0.15, 0.2) is 7.59 Å². The van der Waals surface area contributed by atoms with Crippen molar-refractivity contribution >= 4 is 77.5 Å². The lowest BCUT2D eigenvalue weighted by molar-refractivity contribution is -0.923. The zero-order chi connectivity index (χ0) is 25.6. The van der Waals surface area contributed by atoms with Gasteiger partial charge >= 0.3 is 0 Å². The molecule has 0 bridgehead atoms. The molecule has 13 heteroatoms. The summed E-state index contributed by atoms with van der Waals surface area (Å²) in [4.78, 5) is 16.9. The fourth-order valence-electron chi connectivity index (χ4n) is 3.02. The van der Waals surface area contributed by atoms with Crippen molar-refractivity contribution in [3.05, 3.63) is 0 Å². The lowest BCUT2D eigenvalue weighted by atomic mass is 10.3. The van der Waals surface area contributed by atoms with Crippen LogP contribution < -0.4 is 9.79 Å². The average Bonchev–Trinajstić information content (AvgIpc) is 2.63. The molecule has 0 heterocycles. The van der Waals surface area contributed by atoms with E-state index in [1.165, 1.54) is 0 Å².